The number of alkyl halides is 2. The summed E-state index contributed by atoms with van der Waals surface area (Å²) in [6, 6.07) is 31.4. The normalized spacial score (nSPS) is 25.4. The van der Waals surface area contributed by atoms with Crippen molar-refractivity contribution in [2.45, 2.75) is 16.2 Å². The second-order valence-electron chi connectivity index (χ2n) is 10.5. The Labute approximate surface area is 246 Å². The van der Waals surface area contributed by atoms with Gasteiger partial charge in [0.15, 0.2) is 0 Å². The minimum atomic E-state index is -1.23. The van der Waals surface area contributed by atoms with Crippen LogP contribution in [0.1, 0.15) is 28.7 Å². The Balaban J connectivity index is 1.10. The number of halogens is 2. The van der Waals surface area contributed by atoms with Crippen LogP contribution in [0.2, 0.25) is 0 Å². The molecule has 8 heteroatoms. The van der Waals surface area contributed by atoms with Crippen molar-refractivity contribution in [2.24, 2.45) is 11.8 Å². The number of nitrogens with one attached hydrogen (secondary N) is 1. The highest BCUT2D eigenvalue weighted by Crippen LogP contribution is 2.69. The summed E-state index contributed by atoms with van der Waals surface area (Å²) in [5.74, 6) is -1.54. The molecule has 6 nitrogen and oxygen atoms in total. The fourth-order valence-corrected chi connectivity index (χ4v) is 7.71. The van der Waals surface area contributed by atoms with Gasteiger partial charge in [-0.25, -0.2) is 0 Å². The first-order valence-electron chi connectivity index (χ1n) is 13.4. The Morgan fingerprint density at radius 1 is 0.683 bits per heavy atom. The number of ether oxygens (including phenoxy) is 1. The number of benzene rings is 4. The largest absolute Gasteiger partial charge is 0.457 e. The predicted octanol–water partition coefficient (Wildman–Crippen LogP) is 6.40. The first-order valence-corrected chi connectivity index (χ1v) is 14.1. The molecule has 1 N–H and O–H groups in total. The standard InChI is InChI=1S/C33H24Cl2N2O4/c34-32-23-10-4-5-11-24(23)33(35,26-13-7-6-12-25(26)32)29-28(32)30(39)37(31(29)40)19-18-27(38)36-20-14-16-22(17-15-20)41-21-8-2-1-3-9-21/h1-17,28-29H,18-19H2,(H,36,38)/t28-,29-,32?,33?/m0/s1. The second kappa shape index (κ2) is 9.47. The van der Waals surface area contributed by atoms with Crippen LogP contribution < -0.4 is 10.1 Å². The molecule has 204 valence electrons. The van der Waals surface area contributed by atoms with E-state index < -0.39 is 33.4 Å². The average molecular weight is 583 g/mol. The number of carbonyl (C=O) groups is 3. The van der Waals surface area contributed by atoms with E-state index in [0.717, 1.165) is 27.2 Å². The van der Waals surface area contributed by atoms with Gasteiger partial charge in [0.2, 0.25) is 17.7 Å². The first kappa shape index (κ1) is 25.8. The summed E-state index contributed by atoms with van der Waals surface area (Å²) in [6.45, 7) is -0.0711. The number of hydrogen-bond donors (Lipinski definition) is 1. The van der Waals surface area contributed by atoms with Gasteiger partial charge in [-0.3, -0.25) is 19.3 Å². The number of hydrogen-bond acceptors (Lipinski definition) is 4. The fraction of sp³-hybridized carbons (Fsp3) is 0.182. The van der Waals surface area contributed by atoms with E-state index in [0.29, 0.717) is 17.2 Å². The molecule has 1 aliphatic heterocycles. The zero-order valence-corrected chi connectivity index (χ0v) is 23.2. The molecule has 0 radical (unpaired) electrons. The molecule has 4 aromatic carbocycles. The number of anilines is 1. The van der Waals surface area contributed by atoms with Crippen molar-refractivity contribution in [3.8, 4) is 11.5 Å². The average Bonchev–Trinajstić information content (AvgIpc) is 3.26. The van der Waals surface area contributed by atoms with Crippen LogP contribution in [0, 0.1) is 11.8 Å². The number of likely N-dealkylation sites (tertiary alicyclic amines) is 1. The third-order valence-electron chi connectivity index (χ3n) is 8.36. The van der Waals surface area contributed by atoms with Crippen molar-refractivity contribution < 1.29 is 19.1 Å². The van der Waals surface area contributed by atoms with E-state index in [2.05, 4.69) is 5.32 Å². The quantitative estimate of drug-likeness (QED) is 0.211. The summed E-state index contributed by atoms with van der Waals surface area (Å²) in [6.07, 6.45) is -0.0658. The second-order valence-corrected chi connectivity index (χ2v) is 11.7. The van der Waals surface area contributed by atoms with Gasteiger partial charge < -0.3 is 10.1 Å². The highest BCUT2D eigenvalue weighted by atomic mass is 35.5. The maximum atomic E-state index is 13.9. The van der Waals surface area contributed by atoms with Crippen molar-refractivity contribution in [3.05, 3.63) is 125 Å². The molecule has 2 bridgehead atoms. The Bertz CT molecular complexity index is 1580. The number of rotatable bonds is 6. The lowest BCUT2D eigenvalue weighted by atomic mass is 9.54. The zero-order valence-electron chi connectivity index (χ0n) is 21.7. The van der Waals surface area contributed by atoms with Crippen LogP contribution >= 0.6 is 23.2 Å². The van der Waals surface area contributed by atoms with Gasteiger partial charge in [-0.05, 0) is 58.7 Å². The maximum absolute atomic E-state index is 13.9. The summed E-state index contributed by atoms with van der Waals surface area (Å²) in [7, 11) is 0. The lowest BCUT2D eigenvalue weighted by Crippen LogP contribution is -2.57. The number of nitrogens with zero attached hydrogens (tertiary/aromatic N) is 1. The molecule has 41 heavy (non-hydrogen) atoms. The molecule has 1 heterocycles. The first-order chi connectivity index (χ1) is 19.8. The van der Waals surface area contributed by atoms with Crippen molar-refractivity contribution in [1.29, 1.82) is 0 Å². The lowest BCUT2D eigenvalue weighted by Gasteiger charge is -2.54. The van der Waals surface area contributed by atoms with Gasteiger partial charge in [0.25, 0.3) is 0 Å². The summed E-state index contributed by atoms with van der Waals surface area (Å²) < 4.78 is 5.79. The van der Waals surface area contributed by atoms with Crippen molar-refractivity contribution in [3.63, 3.8) is 0 Å². The van der Waals surface area contributed by atoms with E-state index >= 15 is 0 Å². The van der Waals surface area contributed by atoms with E-state index in [4.69, 9.17) is 27.9 Å². The minimum absolute atomic E-state index is 0.0658. The summed E-state index contributed by atoms with van der Waals surface area (Å²) in [4.78, 5) is 39.3. The molecule has 4 aromatic rings. The van der Waals surface area contributed by atoms with Gasteiger partial charge in [0.05, 0.1) is 11.8 Å². The minimum Gasteiger partial charge on any atom is -0.457 e. The van der Waals surface area contributed by atoms with Gasteiger partial charge in [-0.2, -0.15) is 0 Å². The molecular formula is C33H24Cl2N2O4. The smallest absolute Gasteiger partial charge is 0.235 e. The van der Waals surface area contributed by atoms with Crippen LogP contribution in [-0.4, -0.2) is 29.2 Å². The van der Waals surface area contributed by atoms with Crippen molar-refractivity contribution in [2.75, 3.05) is 11.9 Å². The maximum Gasteiger partial charge on any atom is 0.235 e. The molecule has 4 aliphatic rings. The number of imide groups is 1. The molecule has 0 aromatic heterocycles. The zero-order chi connectivity index (χ0) is 28.4. The monoisotopic (exact) mass is 582 g/mol. The molecule has 8 rings (SSSR count). The van der Waals surface area contributed by atoms with Crippen LogP contribution in [0.4, 0.5) is 5.69 Å². The third kappa shape index (κ3) is 3.74. The van der Waals surface area contributed by atoms with E-state index in [1.54, 1.807) is 24.3 Å². The molecule has 3 aliphatic carbocycles. The fourth-order valence-electron chi connectivity index (χ4n) is 6.61. The highest BCUT2D eigenvalue weighted by molar-refractivity contribution is 6.36. The molecule has 1 fully saturated rings. The van der Waals surface area contributed by atoms with Crippen LogP contribution in [0.15, 0.2) is 103 Å². The lowest BCUT2D eigenvalue weighted by molar-refractivity contribution is -0.140. The molecular weight excluding hydrogens is 559 g/mol. The number of carbonyl (C=O) groups excluding carboxylic acids is 3. The van der Waals surface area contributed by atoms with Crippen molar-refractivity contribution in [1.82, 2.24) is 4.90 Å². The summed E-state index contributed by atoms with van der Waals surface area (Å²) >= 11 is 14.9. The molecule has 1 saturated heterocycles. The molecule has 2 atom stereocenters. The molecule has 0 saturated carbocycles. The van der Waals surface area contributed by atoms with Crippen LogP contribution in [0.25, 0.3) is 0 Å². The van der Waals surface area contributed by atoms with E-state index in [-0.39, 0.29) is 18.9 Å². The van der Waals surface area contributed by atoms with Crippen LogP contribution in [-0.2, 0) is 24.1 Å². The highest BCUT2D eigenvalue weighted by Gasteiger charge is 2.72. The van der Waals surface area contributed by atoms with Gasteiger partial charge in [0, 0.05) is 18.7 Å². The predicted molar refractivity (Wildman–Crippen MR) is 156 cm³/mol. The summed E-state index contributed by atoms with van der Waals surface area (Å²) in [5.41, 5.74) is 3.56. The topological polar surface area (TPSA) is 75.7 Å². The molecule has 0 unspecified atom stereocenters. The van der Waals surface area contributed by atoms with E-state index in [1.807, 2.05) is 78.9 Å². The van der Waals surface area contributed by atoms with Crippen molar-refractivity contribution >= 4 is 46.6 Å². The Morgan fingerprint density at radius 3 is 1.61 bits per heavy atom. The Hall–Kier alpha value is -4.13. The van der Waals surface area contributed by atoms with Gasteiger partial charge in [-0.15, -0.1) is 23.2 Å². The van der Waals surface area contributed by atoms with E-state index in [9.17, 15) is 14.4 Å². The molecule has 0 spiro atoms. The summed E-state index contributed by atoms with van der Waals surface area (Å²) in [5, 5.41) is 2.83. The van der Waals surface area contributed by atoms with Crippen LogP contribution in [0.3, 0.4) is 0 Å². The SMILES string of the molecule is O=C(CCN1C(=O)[C@@H]2[C@@H](C1=O)C1(Cl)c3ccccc3C2(Cl)c2ccccc21)Nc1ccc(Oc2ccccc2)cc1. The van der Waals surface area contributed by atoms with Gasteiger partial charge in [0.1, 0.15) is 21.2 Å². The third-order valence-corrected chi connectivity index (χ3v) is 9.64. The van der Waals surface area contributed by atoms with Crippen LogP contribution in [0.5, 0.6) is 11.5 Å². The Kier molecular flexibility index (Phi) is 5.96. The van der Waals surface area contributed by atoms with Gasteiger partial charge >= 0.3 is 0 Å². The molecule has 3 amide bonds. The Morgan fingerprint density at radius 2 is 1.12 bits per heavy atom. The number of amides is 3. The number of para-hydroxylation sites is 1. The van der Waals surface area contributed by atoms with Gasteiger partial charge in [-0.1, -0.05) is 66.7 Å². The van der Waals surface area contributed by atoms with E-state index in [1.165, 1.54) is 0 Å².